The van der Waals surface area contributed by atoms with Gasteiger partial charge in [-0.05, 0) is 50.6 Å². The number of hydrogen-bond donors (Lipinski definition) is 1. The number of hydrogen-bond acceptors (Lipinski definition) is 1. The highest BCUT2D eigenvalue weighted by Gasteiger charge is 2.24. The second kappa shape index (κ2) is 6.94. The van der Waals surface area contributed by atoms with Crippen molar-refractivity contribution in [2.45, 2.75) is 58.4 Å². The van der Waals surface area contributed by atoms with Gasteiger partial charge < -0.3 is 5.32 Å². The van der Waals surface area contributed by atoms with E-state index < -0.39 is 0 Å². The Morgan fingerprint density at radius 3 is 2.56 bits per heavy atom. The summed E-state index contributed by atoms with van der Waals surface area (Å²) in [6, 6.07) is 9.75. The van der Waals surface area contributed by atoms with Crippen LogP contribution in [0, 0.1) is 12.8 Å². The number of nitrogens with one attached hydrogen (secondary N) is 1. The molecule has 1 fully saturated rings. The van der Waals surface area contributed by atoms with Crippen molar-refractivity contribution in [2.24, 2.45) is 5.92 Å². The van der Waals surface area contributed by atoms with E-state index >= 15 is 0 Å². The standard InChI is InChI=1S/C17H27N/c1-3-12-18-17(13-16-8-9-16)11-10-15-6-4-14(2)5-7-15/h4-7,16-18H,3,8-13H2,1-2H3. The monoisotopic (exact) mass is 245 g/mol. The zero-order valence-corrected chi connectivity index (χ0v) is 11.9. The Kier molecular flexibility index (Phi) is 5.25. The lowest BCUT2D eigenvalue weighted by Crippen LogP contribution is -2.30. The second-order valence-corrected chi connectivity index (χ2v) is 5.85. The fourth-order valence-corrected chi connectivity index (χ4v) is 2.50. The van der Waals surface area contributed by atoms with Crippen LogP contribution < -0.4 is 5.32 Å². The molecule has 0 aromatic heterocycles. The molecule has 0 amide bonds. The van der Waals surface area contributed by atoms with Gasteiger partial charge in [-0.25, -0.2) is 0 Å². The molecule has 0 bridgehead atoms. The Hall–Kier alpha value is -0.820. The maximum atomic E-state index is 3.72. The third-order valence-electron chi connectivity index (χ3n) is 3.90. The molecule has 1 aromatic rings. The van der Waals surface area contributed by atoms with Crippen LogP contribution in [0.1, 0.15) is 50.2 Å². The van der Waals surface area contributed by atoms with Gasteiger partial charge >= 0.3 is 0 Å². The molecule has 1 aliphatic rings. The summed E-state index contributed by atoms with van der Waals surface area (Å²) >= 11 is 0. The van der Waals surface area contributed by atoms with Crippen molar-refractivity contribution < 1.29 is 0 Å². The highest BCUT2D eigenvalue weighted by Crippen LogP contribution is 2.34. The van der Waals surface area contributed by atoms with Crippen molar-refractivity contribution in [3.63, 3.8) is 0 Å². The van der Waals surface area contributed by atoms with Crippen molar-refractivity contribution in [3.8, 4) is 0 Å². The Bertz CT molecular complexity index is 337. The molecule has 2 rings (SSSR count). The molecule has 1 aliphatic carbocycles. The van der Waals surface area contributed by atoms with Gasteiger partial charge in [0.05, 0.1) is 0 Å². The lowest BCUT2D eigenvalue weighted by molar-refractivity contribution is 0.433. The van der Waals surface area contributed by atoms with Crippen molar-refractivity contribution in [2.75, 3.05) is 6.54 Å². The smallest absolute Gasteiger partial charge is 0.00728 e. The summed E-state index contributed by atoms with van der Waals surface area (Å²) in [6.07, 6.45) is 8.08. The van der Waals surface area contributed by atoms with Gasteiger partial charge in [0.1, 0.15) is 0 Å². The maximum absolute atomic E-state index is 3.72. The van der Waals surface area contributed by atoms with Crippen LogP contribution in [0.3, 0.4) is 0 Å². The molecule has 100 valence electrons. The molecule has 0 saturated heterocycles. The number of aryl methyl sites for hydroxylation is 2. The van der Waals surface area contributed by atoms with Crippen LogP contribution >= 0.6 is 0 Å². The van der Waals surface area contributed by atoms with Crippen molar-refractivity contribution in [1.82, 2.24) is 5.32 Å². The van der Waals surface area contributed by atoms with Gasteiger partial charge in [-0.15, -0.1) is 0 Å². The zero-order chi connectivity index (χ0) is 12.8. The summed E-state index contributed by atoms with van der Waals surface area (Å²) in [5.41, 5.74) is 2.84. The first kappa shape index (κ1) is 13.6. The van der Waals surface area contributed by atoms with Gasteiger partial charge in [0.25, 0.3) is 0 Å². The second-order valence-electron chi connectivity index (χ2n) is 5.85. The Morgan fingerprint density at radius 1 is 1.22 bits per heavy atom. The van der Waals surface area contributed by atoms with Gasteiger partial charge in [-0.2, -0.15) is 0 Å². The molecule has 0 radical (unpaired) electrons. The first-order chi connectivity index (χ1) is 8.78. The predicted molar refractivity (Wildman–Crippen MR) is 78.9 cm³/mol. The normalized spacial score (nSPS) is 16.8. The molecule has 18 heavy (non-hydrogen) atoms. The van der Waals surface area contributed by atoms with Crippen LogP contribution in [-0.2, 0) is 6.42 Å². The van der Waals surface area contributed by atoms with Crippen molar-refractivity contribution >= 4 is 0 Å². The third-order valence-corrected chi connectivity index (χ3v) is 3.90. The molecule has 0 aliphatic heterocycles. The van der Waals surface area contributed by atoms with E-state index in [0.29, 0.717) is 0 Å². The van der Waals surface area contributed by atoms with Gasteiger partial charge in [0, 0.05) is 6.04 Å². The average Bonchev–Trinajstić information content (AvgIpc) is 3.18. The highest BCUT2D eigenvalue weighted by atomic mass is 14.9. The summed E-state index contributed by atoms with van der Waals surface area (Å²) in [7, 11) is 0. The Balaban J connectivity index is 1.77. The van der Waals surface area contributed by atoms with E-state index in [4.69, 9.17) is 0 Å². The quantitative estimate of drug-likeness (QED) is 0.727. The average molecular weight is 245 g/mol. The largest absolute Gasteiger partial charge is 0.314 e. The maximum Gasteiger partial charge on any atom is 0.00728 e. The molecule has 0 heterocycles. The minimum Gasteiger partial charge on any atom is -0.314 e. The van der Waals surface area contributed by atoms with E-state index in [1.807, 2.05) is 0 Å². The van der Waals surface area contributed by atoms with Gasteiger partial charge in [0.2, 0.25) is 0 Å². The van der Waals surface area contributed by atoms with Crippen molar-refractivity contribution in [3.05, 3.63) is 35.4 Å². The first-order valence-corrected chi connectivity index (χ1v) is 7.57. The van der Waals surface area contributed by atoms with Gasteiger partial charge in [0.15, 0.2) is 0 Å². The van der Waals surface area contributed by atoms with Crippen LogP contribution in [0.2, 0.25) is 0 Å². The van der Waals surface area contributed by atoms with Crippen molar-refractivity contribution in [1.29, 1.82) is 0 Å². The summed E-state index contributed by atoms with van der Waals surface area (Å²) in [4.78, 5) is 0. The minimum atomic E-state index is 0.735. The summed E-state index contributed by atoms with van der Waals surface area (Å²) < 4.78 is 0. The van der Waals surface area contributed by atoms with Crippen LogP contribution in [0.25, 0.3) is 0 Å². The Morgan fingerprint density at radius 2 is 1.94 bits per heavy atom. The van der Waals surface area contributed by atoms with E-state index in [1.165, 1.54) is 56.2 Å². The summed E-state index contributed by atoms with van der Waals surface area (Å²) in [5, 5.41) is 3.72. The molecule has 1 saturated carbocycles. The van der Waals surface area contributed by atoms with E-state index in [1.54, 1.807) is 0 Å². The van der Waals surface area contributed by atoms with Crippen LogP contribution in [0.4, 0.5) is 0 Å². The molecular formula is C17H27N. The molecule has 1 unspecified atom stereocenters. The van der Waals surface area contributed by atoms with Crippen LogP contribution in [0.15, 0.2) is 24.3 Å². The highest BCUT2D eigenvalue weighted by molar-refractivity contribution is 5.21. The van der Waals surface area contributed by atoms with Crippen LogP contribution in [0.5, 0.6) is 0 Å². The predicted octanol–water partition coefficient (Wildman–Crippen LogP) is 4.10. The van der Waals surface area contributed by atoms with E-state index in [2.05, 4.69) is 43.4 Å². The fourth-order valence-electron chi connectivity index (χ4n) is 2.50. The molecule has 1 atom stereocenters. The summed E-state index contributed by atoms with van der Waals surface area (Å²) in [5.74, 6) is 1.03. The summed E-state index contributed by atoms with van der Waals surface area (Å²) in [6.45, 7) is 5.58. The third kappa shape index (κ3) is 4.81. The van der Waals surface area contributed by atoms with Gasteiger partial charge in [-0.3, -0.25) is 0 Å². The van der Waals surface area contributed by atoms with Gasteiger partial charge in [-0.1, -0.05) is 49.6 Å². The lowest BCUT2D eigenvalue weighted by atomic mass is 10.0. The molecule has 1 heteroatoms. The minimum absolute atomic E-state index is 0.735. The van der Waals surface area contributed by atoms with E-state index in [0.717, 1.165) is 12.0 Å². The van der Waals surface area contributed by atoms with E-state index in [-0.39, 0.29) is 0 Å². The zero-order valence-electron chi connectivity index (χ0n) is 11.9. The number of rotatable bonds is 8. The number of benzene rings is 1. The SMILES string of the molecule is CCCNC(CCc1ccc(C)cc1)CC1CC1. The Labute approximate surface area is 112 Å². The molecule has 1 nitrogen and oxygen atoms in total. The van der Waals surface area contributed by atoms with Crippen LogP contribution in [-0.4, -0.2) is 12.6 Å². The molecule has 1 aromatic carbocycles. The topological polar surface area (TPSA) is 12.0 Å². The molecule has 1 N–H and O–H groups in total. The molecular weight excluding hydrogens is 218 g/mol. The lowest BCUT2D eigenvalue weighted by Gasteiger charge is -2.18. The van der Waals surface area contributed by atoms with E-state index in [9.17, 15) is 0 Å². The molecule has 0 spiro atoms. The fraction of sp³-hybridized carbons (Fsp3) is 0.647. The first-order valence-electron chi connectivity index (χ1n) is 7.57.